The van der Waals surface area contributed by atoms with Gasteiger partial charge in [0.2, 0.25) is 0 Å². The van der Waals surface area contributed by atoms with Crippen LogP contribution >= 0.6 is 0 Å². The zero-order chi connectivity index (χ0) is 17.3. The van der Waals surface area contributed by atoms with Crippen LogP contribution in [0.15, 0.2) is 48.7 Å². The fourth-order valence-electron chi connectivity index (χ4n) is 4.80. The van der Waals surface area contributed by atoms with Crippen LogP contribution < -0.4 is 4.90 Å². The third-order valence-electron chi connectivity index (χ3n) is 5.87. The van der Waals surface area contributed by atoms with Crippen LogP contribution in [0.1, 0.15) is 17.2 Å². The van der Waals surface area contributed by atoms with E-state index in [1.165, 1.54) is 0 Å². The molecule has 0 amide bonds. The molecule has 4 atom stereocenters. The molecule has 5 heteroatoms. The Balaban J connectivity index is 1.76. The number of esters is 2. The van der Waals surface area contributed by atoms with Crippen molar-refractivity contribution >= 4 is 23.2 Å². The van der Waals surface area contributed by atoms with E-state index in [4.69, 9.17) is 4.74 Å². The first-order valence-corrected chi connectivity index (χ1v) is 8.48. The molecule has 0 spiro atoms. The Labute approximate surface area is 145 Å². The van der Waals surface area contributed by atoms with E-state index >= 15 is 0 Å². The molecule has 5 rings (SSSR count). The molecular weight excluding hydrogens is 316 g/mol. The number of anilines is 1. The van der Waals surface area contributed by atoms with E-state index in [1.807, 2.05) is 37.5 Å². The molecule has 1 unspecified atom stereocenters. The number of hydrogen-bond acceptors (Lipinski definition) is 4. The normalized spacial score (nSPS) is 29.8. The standard InChI is InChI=1S/C20H18N2O3/c1-21-9-5-8-14(21)12-10-13-17(20(24)25-19(13)23)16-11-6-3-4-7-15(11)22(2)18(12)16/h3-10,13,16-18H,1-2H3/t13-,16-,17-,18?/m1/s1. The molecule has 126 valence electrons. The van der Waals surface area contributed by atoms with Crippen LogP contribution in [0.5, 0.6) is 0 Å². The van der Waals surface area contributed by atoms with E-state index in [2.05, 4.69) is 34.7 Å². The maximum Gasteiger partial charge on any atom is 0.321 e. The second kappa shape index (κ2) is 4.85. The van der Waals surface area contributed by atoms with E-state index in [-0.39, 0.29) is 12.0 Å². The zero-order valence-corrected chi connectivity index (χ0v) is 14.0. The van der Waals surface area contributed by atoms with Crippen LogP contribution in [0.3, 0.4) is 0 Å². The van der Waals surface area contributed by atoms with Gasteiger partial charge in [-0.25, -0.2) is 0 Å². The number of hydrogen-bond donors (Lipinski definition) is 0. The minimum Gasteiger partial charge on any atom is -0.392 e. The van der Waals surface area contributed by atoms with E-state index in [0.717, 1.165) is 22.5 Å². The van der Waals surface area contributed by atoms with Gasteiger partial charge in [-0.05, 0) is 29.3 Å². The van der Waals surface area contributed by atoms with Crippen LogP contribution in [0, 0.1) is 11.8 Å². The lowest BCUT2D eigenvalue weighted by Gasteiger charge is -2.36. The van der Waals surface area contributed by atoms with Gasteiger partial charge in [-0.1, -0.05) is 24.3 Å². The quantitative estimate of drug-likeness (QED) is 0.593. The van der Waals surface area contributed by atoms with Gasteiger partial charge >= 0.3 is 11.9 Å². The highest BCUT2D eigenvalue weighted by atomic mass is 16.6. The molecule has 1 aromatic heterocycles. The van der Waals surface area contributed by atoms with Crippen LogP contribution in [-0.2, 0) is 21.4 Å². The number of benzene rings is 1. The summed E-state index contributed by atoms with van der Waals surface area (Å²) in [5.74, 6) is -1.82. The Morgan fingerprint density at radius 2 is 1.76 bits per heavy atom. The monoisotopic (exact) mass is 334 g/mol. The van der Waals surface area contributed by atoms with E-state index in [1.54, 1.807) is 0 Å². The minimum absolute atomic E-state index is 0.0192. The Bertz CT molecular complexity index is 942. The second-order valence-corrected chi connectivity index (χ2v) is 7.06. The van der Waals surface area contributed by atoms with Crippen LogP contribution in [0.4, 0.5) is 5.69 Å². The van der Waals surface area contributed by atoms with E-state index in [9.17, 15) is 9.59 Å². The summed E-state index contributed by atoms with van der Waals surface area (Å²) in [5, 5.41) is 0. The van der Waals surface area contributed by atoms with Crippen molar-refractivity contribution in [1.82, 2.24) is 4.57 Å². The number of likely N-dealkylation sites (N-methyl/N-ethyl adjacent to an activating group) is 1. The van der Waals surface area contributed by atoms with Crippen molar-refractivity contribution in [3.05, 3.63) is 59.9 Å². The zero-order valence-electron chi connectivity index (χ0n) is 14.0. The smallest absolute Gasteiger partial charge is 0.321 e. The molecule has 0 saturated carbocycles. The van der Waals surface area contributed by atoms with Crippen molar-refractivity contribution in [2.45, 2.75) is 12.0 Å². The van der Waals surface area contributed by atoms with Crippen molar-refractivity contribution in [1.29, 1.82) is 0 Å². The Kier molecular flexibility index (Phi) is 2.82. The van der Waals surface area contributed by atoms with Crippen LogP contribution in [0.2, 0.25) is 0 Å². The highest BCUT2D eigenvalue weighted by Gasteiger charge is 2.57. The number of aromatic nitrogens is 1. The van der Waals surface area contributed by atoms with Crippen molar-refractivity contribution < 1.29 is 14.3 Å². The molecule has 0 bridgehead atoms. The third kappa shape index (κ3) is 1.78. The number of cyclic esters (lactones) is 2. The Morgan fingerprint density at radius 1 is 0.960 bits per heavy atom. The van der Waals surface area contributed by atoms with Gasteiger partial charge in [0.15, 0.2) is 0 Å². The van der Waals surface area contributed by atoms with Gasteiger partial charge in [-0.3, -0.25) is 9.59 Å². The molecule has 3 aliphatic rings. The van der Waals surface area contributed by atoms with Crippen molar-refractivity contribution in [2.75, 3.05) is 11.9 Å². The van der Waals surface area contributed by atoms with E-state index in [0.29, 0.717) is 0 Å². The fraction of sp³-hybridized carbons (Fsp3) is 0.300. The van der Waals surface area contributed by atoms with Crippen LogP contribution in [0.25, 0.3) is 5.57 Å². The van der Waals surface area contributed by atoms with Crippen molar-refractivity contribution in [2.24, 2.45) is 18.9 Å². The number of carbonyl (C=O) groups is 2. The maximum atomic E-state index is 12.4. The van der Waals surface area contributed by atoms with Crippen molar-refractivity contribution in [3.63, 3.8) is 0 Å². The number of fused-ring (bicyclic) bond motifs is 5. The summed E-state index contributed by atoms with van der Waals surface area (Å²) < 4.78 is 7.07. The summed E-state index contributed by atoms with van der Waals surface area (Å²) in [5.41, 5.74) is 4.39. The lowest BCUT2D eigenvalue weighted by atomic mass is 9.69. The summed E-state index contributed by atoms with van der Waals surface area (Å²) in [4.78, 5) is 27.0. The molecule has 3 heterocycles. The number of ether oxygens (including phenoxy) is 1. The van der Waals surface area contributed by atoms with Crippen molar-refractivity contribution in [3.8, 4) is 0 Å². The summed E-state index contributed by atoms with van der Waals surface area (Å²) in [6.45, 7) is 0. The first kappa shape index (κ1) is 14.5. The molecule has 0 radical (unpaired) electrons. The average molecular weight is 334 g/mol. The highest BCUT2D eigenvalue weighted by Crippen LogP contribution is 2.55. The molecule has 1 aliphatic carbocycles. The molecule has 1 fully saturated rings. The third-order valence-corrected chi connectivity index (χ3v) is 5.87. The summed E-state index contributed by atoms with van der Waals surface area (Å²) in [7, 11) is 4.06. The minimum atomic E-state index is -0.502. The number of nitrogens with zero attached hydrogens (tertiary/aromatic N) is 2. The first-order chi connectivity index (χ1) is 12.1. The molecule has 2 aromatic rings. The molecule has 1 saturated heterocycles. The van der Waals surface area contributed by atoms with Gasteiger partial charge in [0.05, 0.1) is 17.9 Å². The molecule has 2 aliphatic heterocycles. The van der Waals surface area contributed by atoms with Gasteiger partial charge < -0.3 is 14.2 Å². The molecular formula is C20H18N2O3. The average Bonchev–Trinajstić information content (AvgIpc) is 3.24. The van der Waals surface area contributed by atoms with Gasteiger partial charge in [0, 0.05) is 37.6 Å². The number of carbonyl (C=O) groups excluding carboxylic acids is 2. The fourth-order valence-corrected chi connectivity index (χ4v) is 4.80. The predicted octanol–water partition coefficient (Wildman–Crippen LogP) is 2.34. The summed E-state index contributed by atoms with van der Waals surface area (Å²) in [6.07, 6.45) is 3.95. The lowest BCUT2D eigenvalue weighted by molar-refractivity contribution is -0.153. The summed E-state index contributed by atoms with van der Waals surface area (Å²) >= 11 is 0. The molecule has 5 nitrogen and oxygen atoms in total. The maximum absolute atomic E-state index is 12.4. The van der Waals surface area contributed by atoms with Gasteiger partial charge in [-0.2, -0.15) is 0 Å². The lowest BCUT2D eigenvalue weighted by Crippen LogP contribution is -2.41. The van der Waals surface area contributed by atoms with Gasteiger partial charge in [0.25, 0.3) is 0 Å². The Morgan fingerprint density at radius 3 is 2.52 bits per heavy atom. The SMILES string of the molecule is CN1c2ccccc2[C@H]2C1C(c1cccn1C)=C[C@H]1C(=O)OC(=O)[C@H]12. The molecule has 0 N–H and O–H groups in total. The number of para-hydroxylation sites is 1. The highest BCUT2D eigenvalue weighted by molar-refractivity contribution is 6.01. The first-order valence-electron chi connectivity index (χ1n) is 8.48. The molecule has 1 aromatic carbocycles. The largest absolute Gasteiger partial charge is 0.392 e. The van der Waals surface area contributed by atoms with Gasteiger partial charge in [0.1, 0.15) is 0 Å². The van der Waals surface area contributed by atoms with E-state index < -0.39 is 23.8 Å². The Hall–Kier alpha value is -2.82. The molecule has 25 heavy (non-hydrogen) atoms. The summed E-state index contributed by atoms with van der Waals surface area (Å²) in [6, 6.07) is 12.2. The number of rotatable bonds is 1. The predicted molar refractivity (Wildman–Crippen MR) is 92.8 cm³/mol. The second-order valence-electron chi connectivity index (χ2n) is 7.06. The number of aryl methyl sites for hydroxylation is 1. The van der Waals surface area contributed by atoms with Crippen LogP contribution in [-0.4, -0.2) is 29.6 Å². The topological polar surface area (TPSA) is 51.5 Å². The van der Waals surface area contributed by atoms with Gasteiger partial charge in [-0.15, -0.1) is 0 Å².